The van der Waals surface area contributed by atoms with Gasteiger partial charge in [0.05, 0.1) is 5.92 Å². The molecule has 0 spiro atoms. The van der Waals surface area contributed by atoms with Crippen LogP contribution in [0.3, 0.4) is 0 Å². The molecular formula is C17H20N2O4S. The van der Waals surface area contributed by atoms with Crippen molar-refractivity contribution in [2.45, 2.75) is 30.2 Å². The molecule has 24 heavy (non-hydrogen) atoms. The van der Waals surface area contributed by atoms with Crippen molar-refractivity contribution in [3.63, 3.8) is 0 Å². The highest BCUT2D eigenvalue weighted by Gasteiger charge is 2.42. The SMILES string of the molecule is CSc1ccc(N2CC(C(=O)N3CCC[C@H]3C(=O)O)CC2=O)cc1. The van der Waals surface area contributed by atoms with E-state index in [1.165, 1.54) is 4.90 Å². The van der Waals surface area contributed by atoms with Crippen molar-refractivity contribution >= 4 is 35.2 Å². The van der Waals surface area contributed by atoms with Crippen LogP contribution in [-0.4, -0.2) is 53.2 Å². The molecule has 2 atom stereocenters. The van der Waals surface area contributed by atoms with Gasteiger partial charge < -0.3 is 14.9 Å². The molecule has 1 unspecified atom stereocenters. The molecule has 2 aliphatic heterocycles. The number of nitrogens with zero attached hydrogens (tertiary/aromatic N) is 2. The quantitative estimate of drug-likeness (QED) is 0.840. The van der Waals surface area contributed by atoms with Gasteiger partial charge in [-0.15, -0.1) is 11.8 Å². The number of aliphatic carboxylic acids is 1. The molecule has 1 aromatic rings. The average molecular weight is 348 g/mol. The van der Waals surface area contributed by atoms with Gasteiger partial charge in [-0.05, 0) is 43.4 Å². The summed E-state index contributed by atoms with van der Waals surface area (Å²) in [5, 5.41) is 9.23. The number of hydrogen-bond acceptors (Lipinski definition) is 4. The lowest BCUT2D eigenvalue weighted by Crippen LogP contribution is -2.44. The first-order chi connectivity index (χ1) is 11.5. The third-order valence-electron chi connectivity index (χ3n) is 4.68. The van der Waals surface area contributed by atoms with E-state index in [0.717, 1.165) is 10.6 Å². The zero-order valence-corrected chi connectivity index (χ0v) is 14.3. The molecule has 0 aliphatic carbocycles. The zero-order valence-electron chi connectivity index (χ0n) is 13.5. The number of carbonyl (C=O) groups is 3. The van der Waals surface area contributed by atoms with Crippen LogP contribution < -0.4 is 4.90 Å². The van der Waals surface area contributed by atoms with Gasteiger partial charge in [-0.3, -0.25) is 9.59 Å². The Bertz CT molecular complexity index is 661. The van der Waals surface area contributed by atoms with E-state index < -0.39 is 17.9 Å². The molecule has 0 aromatic heterocycles. The molecule has 1 N–H and O–H groups in total. The lowest BCUT2D eigenvalue weighted by molar-refractivity contribution is -0.149. The van der Waals surface area contributed by atoms with E-state index in [1.54, 1.807) is 16.7 Å². The van der Waals surface area contributed by atoms with E-state index in [9.17, 15) is 19.5 Å². The predicted molar refractivity (Wildman–Crippen MR) is 91.1 cm³/mol. The van der Waals surface area contributed by atoms with Crippen molar-refractivity contribution in [2.24, 2.45) is 5.92 Å². The van der Waals surface area contributed by atoms with E-state index in [4.69, 9.17) is 0 Å². The summed E-state index contributed by atoms with van der Waals surface area (Å²) in [7, 11) is 0. The molecule has 128 valence electrons. The van der Waals surface area contributed by atoms with Gasteiger partial charge in [0.25, 0.3) is 0 Å². The maximum absolute atomic E-state index is 12.7. The van der Waals surface area contributed by atoms with Crippen LogP contribution in [0.4, 0.5) is 5.69 Å². The molecule has 0 bridgehead atoms. The second-order valence-corrected chi connectivity index (χ2v) is 7.01. The fourth-order valence-electron chi connectivity index (χ4n) is 3.41. The topological polar surface area (TPSA) is 77.9 Å². The molecule has 2 aliphatic rings. The summed E-state index contributed by atoms with van der Waals surface area (Å²) >= 11 is 1.63. The van der Waals surface area contributed by atoms with Crippen LogP contribution in [0.5, 0.6) is 0 Å². The number of rotatable bonds is 4. The molecule has 6 nitrogen and oxygen atoms in total. The third kappa shape index (κ3) is 3.13. The number of hydrogen-bond donors (Lipinski definition) is 1. The Kier molecular flexibility index (Phi) is 4.80. The van der Waals surface area contributed by atoms with Crippen LogP contribution >= 0.6 is 11.8 Å². The highest BCUT2D eigenvalue weighted by molar-refractivity contribution is 7.98. The Morgan fingerprint density at radius 3 is 2.58 bits per heavy atom. The summed E-state index contributed by atoms with van der Waals surface area (Å²) in [6, 6.07) is 6.91. The normalized spacial score (nSPS) is 23.8. The highest BCUT2D eigenvalue weighted by atomic mass is 32.2. The molecule has 7 heteroatoms. The lowest BCUT2D eigenvalue weighted by atomic mass is 10.1. The van der Waals surface area contributed by atoms with Crippen molar-refractivity contribution in [1.29, 1.82) is 0 Å². The number of likely N-dealkylation sites (tertiary alicyclic amines) is 1. The number of anilines is 1. The smallest absolute Gasteiger partial charge is 0.326 e. The highest BCUT2D eigenvalue weighted by Crippen LogP contribution is 2.30. The molecule has 0 saturated carbocycles. The molecule has 2 saturated heterocycles. The van der Waals surface area contributed by atoms with Gasteiger partial charge in [0, 0.05) is 30.1 Å². The third-order valence-corrected chi connectivity index (χ3v) is 5.42. The number of carboxylic acids is 1. The van der Waals surface area contributed by atoms with Crippen LogP contribution in [0.25, 0.3) is 0 Å². The Balaban J connectivity index is 1.71. The van der Waals surface area contributed by atoms with E-state index in [0.29, 0.717) is 25.9 Å². The fraction of sp³-hybridized carbons (Fsp3) is 0.471. The van der Waals surface area contributed by atoms with Gasteiger partial charge in [0.1, 0.15) is 6.04 Å². The molecular weight excluding hydrogens is 328 g/mol. The van der Waals surface area contributed by atoms with Crippen LogP contribution in [0.1, 0.15) is 19.3 Å². The molecule has 3 rings (SSSR count). The Morgan fingerprint density at radius 1 is 1.25 bits per heavy atom. The van der Waals surface area contributed by atoms with Gasteiger partial charge in [0.2, 0.25) is 11.8 Å². The largest absolute Gasteiger partial charge is 0.480 e. The van der Waals surface area contributed by atoms with Crippen molar-refractivity contribution in [2.75, 3.05) is 24.2 Å². The fourth-order valence-corrected chi connectivity index (χ4v) is 3.81. The van der Waals surface area contributed by atoms with Gasteiger partial charge in [0.15, 0.2) is 0 Å². The van der Waals surface area contributed by atoms with Crippen LogP contribution in [0.2, 0.25) is 0 Å². The number of thioether (sulfide) groups is 1. The maximum atomic E-state index is 12.7. The van der Waals surface area contributed by atoms with Crippen molar-refractivity contribution in [3.05, 3.63) is 24.3 Å². The molecule has 0 radical (unpaired) electrons. The summed E-state index contributed by atoms with van der Waals surface area (Å²) in [6.07, 6.45) is 3.32. The van der Waals surface area contributed by atoms with E-state index in [-0.39, 0.29) is 18.2 Å². The van der Waals surface area contributed by atoms with Crippen molar-refractivity contribution in [3.8, 4) is 0 Å². The number of carboxylic acid groups (broad SMARTS) is 1. The zero-order chi connectivity index (χ0) is 17.3. The number of amides is 2. The Hall–Kier alpha value is -2.02. The second kappa shape index (κ2) is 6.84. The monoisotopic (exact) mass is 348 g/mol. The van der Waals surface area contributed by atoms with Crippen LogP contribution in [0.15, 0.2) is 29.2 Å². The van der Waals surface area contributed by atoms with E-state index in [1.807, 2.05) is 30.5 Å². The maximum Gasteiger partial charge on any atom is 0.326 e. The van der Waals surface area contributed by atoms with Gasteiger partial charge in [-0.25, -0.2) is 4.79 Å². The minimum absolute atomic E-state index is 0.0867. The molecule has 2 amide bonds. The summed E-state index contributed by atoms with van der Waals surface area (Å²) in [6.45, 7) is 0.780. The minimum atomic E-state index is -0.963. The van der Waals surface area contributed by atoms with Crippen molar-refractivity contribution in [1.82, 2.24) is 4.90 Å². The van der Waals surface area contributed by atoms with Gasteiger partial charge in [-0.2, -0.15) is 0 Å². The number of carbonyl (C=O) groups excluding carboxylic acids is 2. The standard InChI is InChI=1S/C17H20N2O4S/c1-24-13-6-4-12(5-7-13)19-10-11(9-15(19)20)16(21)18-8-2-3-14(18)17(22)23/h4-7,11,14H,2-3,8-10H2,1H3,(H,22,23)/t11?,14-/m0/s1. The summed E-state index contributed by atoms with van der Waals surface area (Å²) < 4.78 is 0. The van der Waals surface area contributed by atoms with Gasteiger partial charge in [-0.1, -0.05) is 0 Å². The second-order valence-electron chi connectivity index (χ2n) is 6.13. The van der Waals surface area contributed by atoms with E-state index >= 15 is 0 Å². The first-order valence-electron chi connectivity index (χ1n) is 7.99. The van der Waals surface area contributed by atoms with Crippen LogP contribution in [-0.2, 0) is 14.4 Å². The van der Waals surface area contributed by atoms with Crippen LogP contribution in [0, 0.1) is 5.92 Å². The lowest BCUT2D eigenvalue weighted by Gasteiger charge is -2.24. The number of benzene rings is 1. The summed E-state index contributed by atoms with van der Waals surface area (Å²) in [5.41, 5.74) is 0.782. The predicted octanol–water partition coefficient (Wildman–Crippen LogP) is 1.84. The minimum Gasteiger partial charge on any atom is -0.480 e. The van der Waals surface area contributed by atoms with Crippen molar-refractivity contribution < 1.29 is 19.5 Å². The van der Waals surface area contributed by atoms with Gasteiger partial charge >= 0.3 is 5.97 Å². The Labute approximate surface area is 144 Å². The van der Waals surface area contributed by atoms with E-state index in [2.05, 4.69) is 0 Å². The molecule has 2 fully saturated rings. The first kappa shape index (κ1) is 16.8. The Morgan fingerprint density at radius 2 is 1.96 bits per heavy atom. The molecule has 1 aromatic carbocycles. The summed E-state index contributed by atoms with van der Waals surface area (Å²) in [4.78, 5) is 40.4. The molecule has 2 heterocycles. The summed E-state index contributed by atoms with van der Waals surface area (Å²) in [5.74, 6) is -1.72. The first-order valence-corrected chi connectivity index (χ1v) is 9.21. The average Bonchev–Trinajstić information content (AvgIpc) is 3.21.